The number of aliphatic hydroxyl groups is 1. The highest BCUT2D eigenvalue weighted by Gasteiger charge is 2.37. The van der Waals surface area contributed by atoms with E-state index in [0.29, 0.717) is 16.8 Å². The largest absolute Gasteiger partial charge is 0.459 e. The van der Waals surface area contributed by atoms with Crippen LogP contribution >= 0.6 is 0 Å². The van der Waals surface area contributed by atoms with Gasteiger partial charge in [-0.15, -0.1) is 0 Å². The van der Waals surface area contributed by atoms with Crippen LogP contribution in [0.25, 0.3) is 0 Å². The van der Waals surface area contributed by atoms with Gasteiger partial charge in [-0.3, -0.25) is 9.78 Å². The Labute approximate surface area is 195 Å². The van der Waals surface area contributed by atoms with Crippen LogP contribution in [0.2, 0.25) is 0 Å². The lowest BCUT2D eigenvalue weighted by atomic mass is 9.88. The summed E-state index contributed by atoms with van der Waals surface area (Å²) in [5, 5.41) is 9.37. The molecule has 2 atom stereocenters. The predicted octanol–water partition coefficient (Wildman–Crippen LogP) is 3.47. The number of hydrogen-bond donors (Lipinski definition) is 2. The zero-order chi connectivity index (χ0) is 25.1. The molecule has 2 rings (SSSR count). The highest BCUT2D eigenvalue weighted by molar-refractivity contribution is 7.89. The van der Waals surface area contributed by atoms with Gasteiger partial charge < -0.3 is 9.84 Å². The van der Waals surface area contributed by atoms with Crippen LogP contribution in [-0.4, -0.2) is 42.7 Å². The van der Waals surface area contributed by atoms with Gasteiger partial charge in [0, 0.05) is 24.4 Å². The van der Waals surface area contributed by atoms with Gasteiger partial charge in [0.1, 0.15) is 22.4 Å². The van der Waals surface area contributed by atoms with Crippen LogP contribution in [-0.2, 0) is 26.0 Å². The molecule has 0 radical (unpaired) electrons. The first-order valence-corrected chi connectivity index (χ1v) is 12.2. The molecule has 2 aromatic rings. The fourth-order valence-electron chi connectivity index (χ4n) is 3.64. The molecule has 1 aromatic carbocycles. The highest BCUT2D eigenvalue weighted by atomic mass is 32.2. The summed E-state index contributed by atoms with van der Waals surface area (Å²) < 4.78 is 49.5. The number of hydrogen-bond acceptors (Lipinski definition) is 6. The number of rotatable bonds is 8. The van der Waals surface area contributed by atoms with E-state index in [9.17, 15) is 22.7 Å². The normalized spacial score (nSPS) is 14.1. The number of sulfonamides is 1. The molecule has 2 N–H and O–H groups in total. The zero-order valence-corrected chi connectivity index (χ0v) is 21.0. The number of nitrogens with one attached hydrogen (secondary N) is 1. The number of aliphatic hydroxyl groups excluding tert-OH is 1. The van der Waals surface area contributed by atoms with E-state index in [2.05, 4.69) is 9.71 Å². The number of carbonyl (C=O) groups is 1. The standard InChI is InChI=1S/C24H33FN2O5S/c1-14-8-9-19(25)21(16(14)3)17(4)22(23(29)32-24(5,6)7)27-33(30,31)20-13-26-15(2)12-18(20)10-11-28/h8-9,12-13,17,22,27-28H,10-11H2,1-7H3. The molecule has 1 heterocycles. The first kappa shape index (κ1) is 26.9. The van der Waals surface area contributed by atoms with Gasteiger partial charge in [-0.2, -0.15) is 4.72 Å². The molecular formula is C24H33FN2O5S. The van der Waals surface area contributed by atoms with Crippen molar-refractivity contribution in [1.82, 2.24) is 9.71 Å². The van der Waals surface area contributed by atoms with Crippen molar-refractivity contribution >= 4 is 16.0 Å². The maximum Gasteiger partial charge on any atom is 0.325 e. The average Bonchev–Trinajstić information content (AvgIpc) is 2.68. The summed E-state index contributed by atoms with van der Waals surface area (Å²) in [6.45, 7) is 11.6. The number of pyridine rings is 1. The Morgan fingerprint density at radius 3 is 2.45 bits per heavy atom. The number of aryl methyl sites for hydroxylation is 2. The van der Waals surface area contributed by atoms with E-state index in [0.717, 1.165) is 5.56 Å². The molecule has 2 unspecified atom stereocenters. The molecule has 0 aliphatic heterocycles. The van der Waals surface area contributed by atoms with E-state index in [1.54, 1.807) is 53.7 Å². The molecule has 0 spiro atoms. The van der Waals surface area contributed by atoms with Crippen LogP contribution in [0.15, 0.2) is 29.3 Å². The predicted molar refractivity (Wildman–Crippen MR) is 124 cm³/mol. The minimum atomic E-state index is -4.27. The van der Waals surface area contributed by atoms with Crippen molar-refractivity contribution in [3.8, 4) is 0 Å². The molecule has 1 aromatic heterocycles. The summed E-state index contributed by atoms with van der Waals surface area (Å²) in [5.74, 6) is -2.21. The van der Waals surface area contributed by atoms with Crippen molar-refractivity contribution in [2.75, 3.05) is 6.61 Å². The first-order valence-electron chi connectivity index (χ1n) is 10.7. The van der Waals surface area contributed by atoms with Crippen molar-refractivity contribution in [2.45, 2.75) is 77.3 Å². The van der Waals surface area contributed by atoms with Crippen molar-refractivity contribution in [1.29, 1.82) is 0 Å². The van der Waals surface area contributed by atoms with E-state index in [1.165, 1.54) is 12.3 Å². The van der Waals surface area contributed by atoms with E-state index in [1.807, 2.05) is 6.92 Å². The molecule has 182 valence electrons. The van der Waals surface area contributed by atoms with Crippen molar-refractivity contribution in [3.05, 3.63) is 58.2 Å². The van der Waals surface area contributed by atoms with Crippen molar-refractivity contribution in [3.63, 3.8) is 0 Å². The van der Waals surface area contributed by atoms with Crippen LogP contribution in [0.4, 0.5) is 4.39 Å². The van der Waals surface area contributed by atoms with Crippen LogP contribution in [0.5, 0.6) is 0 Å². The van der Waals surface area contributed by atoms with E-state index >= 15 is 0 Å². The van der Waals surface area contributed by atoms with Gasteiger partial charge in [0.25, 0.3) is 0 Å². The van der Waals surface area contributed by atoms with Crippen LogP contribution < -0.4 is 4.72 Å². The Bertz CT molecular complexity index is 1130. The lowest BCUT2D eigenvalue weighted by molar-refractivity contribution is -0.157. The number of ether oxygens (including phenoxy) is 1. The summed E-state index contributed by atoms with van der Waals surface area (Å²) in [5.41, 5.74) is 1.77. The van der Waals surface area contributed by atoms with E-state index < -0.39 is 39.4 Å². The van der Waals surface area contributed by atoms with Crippen LogP contribution in [0.3, 0.4) is 0 Å². The quantitative estimate of drug-likeness (QED) is 0.561. The second-order valence-electron chi connectivity index (χ2n) is 9.23. The van der Waals surface area contributed by atoms with Gasteiger partial charge in [-0.25, -0.2) is 12.8 Å². The van der Waals surface area contributed by atoms with E-state index in [-0.39, 0.29) is 23.5 Å². The van der Waals surface area contributed by atoms with Crippen molar-refractivity contribution in [2.24, 2.45) is 0 Å². The Morgan fingerprint density at radius 2 is 1.88 bits per heavy atom. The second-order valence-corrected chi connectivity index (χ2v) is 10.9. The summed E-state index contributed by atoms with van der Waals surface area (Å²) in [6.07, 6.45) is 1.29. The molecule has 0 saturated carbocycles. The molecular weight excluding hydrogens is 447 g/mol. The first-order chi connectivity index (χ1) is 15.2. The van der Waals surface area contributed by atoms with Gasteiger partial charge >= 0.3 is 5.97 Å². The molecule has 0 amide bonds. The number of aromatic nitrogens is 1. The topological polar surface area (TPSA) is 106 Å². The molecule has 0 aliphatic rings. The molecule has 7 nitrogen and oxygen atoms in total. The average molecular weight is 481 g/mol. The number of nitrogens with zero attached hydrogens (tertiary/aromatic N) is 1. The third-order valence-corrected chi connectivity index (χ3v) is 6.90. The monoisotopic (exact) mass is 480 g/mol. The summed E-state index contributed by atoms with van der Waals surface area (Å²) in [6, 6.07) is 3.11. The lowest BCUT2D eigenvalue weighted by Gasteiger charge is -2.29. The molecule has 0 saturated heterocycles. The Morgan fingerprint density at radius 1 is 1.24 bits per heavy atom. The Balaban J connectivity index is 2.58. The molecule has 33 heavy (non-hydrogen) atoms. The maximum absolute atomic E-state index is 14.8. The number of benzene rings is 1. The van der Waals surface area contributed by atoms with E-state index in [4.69, 9.17) is 4.74 Å². The third kappa shape index (κ3) is 6.59. The van der Waals surface area contributed by atoms with Crippen LogP contribution in [0, 0.1) is 26.6 Å². The maximum atomic E-state index is 14.8. The van der Waals surface area contributed by atoms with Gasteiger partial charge in [-0.1, -0.05) is 13.0 Å². The summed E-state index contributed by atoms with van der Waals surface area (Å²) >= 11 is 0. The third-order valence-electron chi connectivity index (χ3n) is 5.39. The minimum Gasteiger partial charge on any atom is -0.459 e. The fraction of sp³-hybridized carbons (Fsp3) is 0.500. The number of carbonyl (C=O) groups excluding carboxylic acids is 1. The van der Waals surface area contributed by atoms with Crippen molar-refractivity contribution < 1.29 is 27.4 Å². The summed E-state index contributed by atoms with van der Waals surface area (Å²) in [4.78, 5) is 17.0. The molecule has 0 fully saturated rings. The smallest absolute Gasteiger partial charge is 0.325 e. The SMILES string of the molecule is Cc1cc(CCO)c(S(=O)(=O)NC(C(=O)OC(C)(C)C)C(C)c2c(F)ccc(C)c2C)cn1. The molecule has 9 heteroatoms. The summed E-state index contributed by atoms with van der Waals surface area (Å²) in [7, 11) is -4.27. The number of esters is 1. The molecule has 0 bridgehead atoms. The second kappa shape index (κ2) is 10.3. The Hall–Kier alpha value is -2.36. The zero-order valence-electron chi connectivity index (χ0n) is 20.2. The van der Waals surface area contributed by atoms with Crippen LogP contribution in [0.1, 0.15) is 61.6 Å². The minimum absolute atomic E-state index is 0.0951. The molecule has 0 aliphatic carbocycles. The van der Waals surface area contributed by atoms with Gasteiger partial charge in [0.15, 0.2) is 0 Å². The highest BCUT2D eigenvalue weighted by Crippen LogP contribution is 2.30. The Kier molecular flexibility index (Phi) is 8.37. The lowest BCUT2D eigenvalue weighted by Crippen LogP contribution is -2.47. The van der Waals surface area contributed by atoms with Gasteiger partial charge in [0.2, 0.25) is 10.0 Å². The number of halogens is 1. The fourth-order valence-corrected chi connectivity index (χ4v) is 5.10. The van der Waals surface area contributed by atoms with Gasteiger partial charge in [-0.05, 0) is 82.3 Å². The van der Waals surface area contributed by atoms with Gasteiger partial charge in [0.05, 0.1) is 0 Å².